The topological polar surface area (TPSA) is 88.4 Å². The number of nitro groups is 1. The second kappa shape index (κ2) is 8.06. The number of halogens is 3. The summed E-state index contributed by atoms with van der Waals surface area (Å²) in [5, 5.41) is 13.6. The summed E-state index contributed by atoms with van der Waals surface area (Å²) in [6, 6.07) is 6.34. The molecule has 0 radical (unpaired) electrons. The van der Waals surface area contributed by atoms with Crippen LogP contribution >= 0.6 is 0 Å². The molecule has 1 unspecified atom stereocenters. The standard InChI is InChI=1S/C19H19F3N4O3/c1-12-6-7-14(26(28)29)10-16(12)24-18(27)13-4-3-9-25(11-13)17-15(19(20,21)22)5-2-8-23-17/h2,5-8,10,13H,3-4,9,11H2,1H3,(H,24,27). The van der Waals surface area contributed by atoms with E-state index < -0.39 is 22.6 Å². The van der Waals surface area contributed by atoms with E-state index in [1.807, 2.05) is 0 Å². The third-order valence-corrected chi connectivity index (χ3v) is 4.87. The SMILES string of the molecule is Cc1ccc([N+](=O)[O-])cc1NC(=O)C1CCCN(c2ncccc2C(F)(F)F)C1. The Labute approximate surface area is 164 Å². The van der Waals surface area contributed by atoms with Crippen LogP contribution in [-0.2, 0) is 11.0 Å². The fourth-order valence-electron chi connectivity index (χ4n) is 3.35. The summed E-state index contributed by atoms with van der Waals surface area (Å²) in [4.78, 5) is 28.5. The minimum atomic E-state index is -4.54. The van der Waals surface area contributed by atoms with Crippen LogP contribution in [0.4, 0.5) is 30.4 Å². The average Bonchev–Trinajstić information content (AvgIpc) is 2.69. The molecular formula is C19H19F3N4O3. The molecule has 1 atom stereocenters. The molecule has 0 spiro atoms. The van der Waals surface area contributed by atoms with E-state index in [-0.39, 0.29) is 24.0 Å². The van der Waals surface area contributed by atoms with Crippen LogP contribution in [0.1, 0.15) is 24.0 Å². The fraction of sp³-hybridized carbons (Fsp3) is 0.368. The first kappa shape index (κ1) is 20.6. The lowest BCUT2D eigenvalue weighted by Crippen LogP contribution is -2.42. The van der Waals surface area contributed by atoms with Crippen LogP contribution in [0, 0.1) is 23.0 Å². The van der Waals surface area contributed by atoms with Gasteiger partial charge in [-0.25, -0.2) is 4.98 Å². The number of hydrogen-bond acceptors (Lipinski definition) is 5. The summed E-state index contributed by atoms with van der Waals surface area (Å²) in [7, 11) is 0. The zero-order valence-electron chi connectivity index (χ0n) is 15.6. The minimum Gasteiger partial charge on any atom is -0.355 e. The van der Waals surface area contributed by atoms with E-state index in [9.17, 15) is 28.1 Å². The van der Waals surface area contributed by atoms with Gasteiger partial charge in [-0.2, -0.15) is 13.2 Å². The van der Waals surface area contributed by atoms with Crippen molar-refractivity contribution in [3.05, 3.63) is 57.8 Å². The van der Waals surface area contributed by atoms with Crippen molar-refractivity contribution >= 4 is 23.1 Å². The molecule has 0 saturated carbocycles. The van der Waals surface area contributed by atoms with Gasteiger partial charge in [-0.15, -0.1) is 0 Å². The number of aromatic nitrogens is 1. The summed E-state index contributed by atoms with van der Waals surface area (Å²) in [5.41, 5.74) is -0.0223. The summed E-state index contributed by atoms with van der Waals surface area (Å²) in [5.74, 6) is -1.14. The number of non-ortho nitro benzene ring substituents is 1. The molecule has 1 aromatic carbocycles. The van der Waals surface area contributed by atoms with Gasteiger partial charge in [-0.05, 0) is 37.5 Å². The van der Waals surface area contributed by atoms with Gasteiger partial charge in [0.1, 0.15) is 5.82 Å². The highest BCUT2D eigenvalue weighted by molar-refractivity contribution is 5.94. The number of amides is 1. The highest BCUT2D eigenvalue weighted by atomic mass is 19.4. The Balaban J connectivity index is 1.78. The first-order valence-electron chi connectivity index (χ1n) is 9.00. The summed E-state index contributed by atoms with van der Waals surface area (Å²) in [6.45, 7) is 2.15. The smallest absolute Gasteiger partial charge is 0.355 e. The Morgan fingerprint density at radius 1 is 1.34 bits per heavy atom. The van der Waals surface area contributed by atoms with Gasteiger partial charge in [-0.3, -0.25) is 14.9 Å². The van der Waals surface area contributed by atoms with E-state index in [1.165, 1.54) is 35.4 Å². The number of nitrogens with one attached hydrogen (secondary N) is 1. The molecular weight excluding hydrogens is 389 g/mol. The first-order chi connectivity index (χ1) is 13.7. The lowest BCUT2D eigenvalue weighted by atomic mass is 9.96. The largest absolute Gasteiger partial charge is 0.419 e. The Morgan fingerprint density at radius 3 is 2.79 bits per heavy atom. The van der Waals surface area contributed by atoms with Crippen LogP contribution in [-0.4, -0.2) is 28.9 Å². The van der Waals surface area contributed by atoms with Crippen molar-refractivity contribution < 1.29 is 22.9 Å². The molecule has 1 aliphatic rings. The van der Waals surface area contributed by atoms with Gasteiger partial charge in [0, 0.05) is 31.4 Å². The first-order valence-corrected chi connectivity index (χ1v) is 9.00. The van der Waals surface area contributed by atoms with Gasteiger partial charge in [0.15, 0.2) is 0 Å². The Morgan fingerprint density at radius 2 is 2.10 bits per heavy atom. The van der Waals surface area contributed by atoms with Crippen molar-refractivity contribution in [1.29, 1.82) is 0 Å². The molecule has 1 saturated heterocycles. The molecule has 1 amide bonds. The van der Waals surface area contributed by atoms with Gasteiger partial charge < -0.3 is 10.2 Å². The minimum absolute atomic E-state index is 0.0832. The van der Waals surface area contributed by atoms with Crippen molar-refractivity contribution in [2.24, 2.45) is 5.92 Å². The lowest BCUT2D eigenvalue weighted by molar-refractivity contribution is -0.384. The second-order valence-electron chi connectivity index (χ2n) is 6.90. The normalized spacial score (nSPS) is 17.1. The van der Waals surface area contributed by atoms with E-state index >= 15 is 0 Å². The van der Waals surface area contributed by atoms with Gasteiger partial charge in [0.05, 0.1) is 22.1 Å². The van der Waals surface area contributed by atoms with Crippen molar-refractivity contribution in [2.45, 2.75) is 25.9 Å². The van der Waals surface area contributed by atoms with Crippen LogP contribution in [0.15, 0.2) is 36.5 Å². The van der Waals surface area contributed by atoms with Gasteiger partial charge >= 0.3 is 6.18 Å². The zero-order chi connectivity index (χ0) is 21.2. The maximum atomic E-state index is 13.3. The number of piperidine rings is 1. The number of benzene rings is 1. The number of hydrogen-bond donors (Lipinski definition) is 1. The molecule has 1 aromatic heterocycles. The number of rotatable bonds is 4. The Kier molecular flexibility index (Phi) is 5.71. The number of carbonyl (C=O) groups excluding carboxylic acids is 1. The van der Waals surface area contributed by atoms with Crippen LogP contribution in [0.5, 0.6) is 0 Å². The Hall–Kier alpha value is -3.17. The molecule has 0 aliphatic carbocycles. The highest BCUT2D eigenvalue weighted by Crippen LogP contribution is 2.36. The van der Waals surface area contributed by atoms with E-state index in [4.69, 9.17) is 0 Å². The number of alkyl halides is 3. The van der Waals surface area contributed by atoms with Crippen molar-refractivity contribution in [3.8, 4) is 0 Å². The molecule has 2 heterocycles. The number of nitro benzene ring substituents is 1. The van der Waals surface area contributed by atoms with Crippen LogP contribution in [0.2, 0.25) is 0 Å². The highest BCUT2D eigenvalue weighted by Gasteiger charge is 2.37. The summed E-state index contributed by atoms with van der Waals surface area (Å²) >= 11 is 0. The van der Waals surface area contributed by atoms with Crippen molar-refractivity contribution in [3.63, 3.8) is 0 Å². The maximum Gasteiger partial charge on any atom is 0.419 e. The van der Waals surface area contributed by atoms with Gasteiger partial charge in [-0.1, -0.05) is 6.07 Å². The zero-order valence-corrected chi connectivity index (χ0v) is 15.6. The van der Waals surface area contributed by atoms with Crippen LogP contribution in [0.25, 0.3) is 0 Å². The monoisotopic (exact) mass is 408 g/mol. The average molecular weight is 408 g/mol. The fourth-order valence-corrected chi connectivity index (χ4v) is 3.35. The molecule has 0 bridgehead atoms. The summed E-state index contributed by atoms with van der Waals surface area (Å²) in [6.07, 6.45) is -2.22. The van der Waals surface area contributed by atoms with E-state index in [2.05, 4.69) is 10.3 Å². The Bertz CT molecular complexity index is 933. The third-order valence-electron chi connectivity index (χ3n) is 4.87. The third kappa shape index (κ3) is 4.64. The van der Waals surface area contributed by atoms with Gasteiger partial charge in [0.2, 0.25) is 5.91 Å². The molecule has 10 heteroatoms. The second-order valence-corrected chi connectivity index (χ2v) is 6.90. The van der Waals surface area contributed by atoms with E-state index in [1.54, 1.807) is 6.92 Å². The quantitative estimate of drug-likeness (QED) is 0.606. The van der Waals surface area contributed by atoms with E-state index in [0.717, 1.165) is 6.07 Å². The predicted molar refractivity (Wildman–Crippen MR) is 101 cm³/mol. The predicted octanol–water partition coefficient (Wildman–Crippen LogP) is 4.17. The summed E-state index contributed by atoms with van der Waals surface area (Å²) < 4.78 is 39.9. The van der Waals surface area contributed by atoms with Crippen molar-refractivity contribution in [2.75, 3.05) is 23.3 Å². The molecule has 3 rings (SSSR count). The molecule has 29 heavy (non-hydrogen) atoms. The van der Waals surface area contributed by atoms with Crippen LogP contribution in [0.3, 0.4) is 0 Å². The van der Waals surface area contributed by atoms with Gasteiger partial charge in [0.25, 0.3) is 5.69 Å². The van der Waals surface area contributed by atoms with Crippen molar-refractivity contribution in [1.82, 2.24) is 4.98 Å². The molecule has 1 aliphatic heterocycles. The number of aryl methyl sites for hydroxylation is 1. The molecule has 2 aromatic rings. The van der Waals surface area contributed by atoms with Crippen LogP contribution < -0.4 is 10.2 Å². The maximum absolute atomic E-state index is 13.3. The lowest BCUT2D eigenvalue weighted by Gasteiger charge is -2.34. The number of carbonyl (C=O) groups is 1. The number of pyridine rings is 1. The number of nitrogens with zero attached hydrogens (tertiary/aromatic N) is 3. The molecule has 7 nitrogen and oxygen atoms in total. The number of anilines is 2. The van der Waals surface area contributed by atoms with E-state index in [0.29, 0.717) is 30.6 Å². The molecule has 154 valence electrons. The molecule has 1 fully saturated rings. The molecule has 1 N–H and O–H groups in total.